The summed E-state index contributed by atoms with van der Waals surface area (Å²) in [5.41, 5.74) is 1.00. The van der Waals surface area contributed by atoms with Crippen molar-refractivity contribution in [3.63, 3.8) is 0 Å². The molecule has 0 aliphatic heterocycles. The Balaban J connectivity index is 3.08. The lowest BCUT2D eigenvalue weighted by molar-refractivity contribution is -0.137. The fraction of sp³-hybridized carbons (Fsp3) is 0.643. The summed E-state index contributed by atoms with van der Waals surface area (Å²) in [6.07, 6.45) is -3.68. The average molecular weight is 304 g/mol. The number of aromatic nitrogens is 1. The second-order valence-electron chi connectivity index (χ2n) is 7.01. The number of hydrogen-bond acceptors (Lipinski definition) is 4. The summed E-state index contributed by atoms with van der Waals surface area (Å²) in [5.74, 6) is 5.31. The molecule has 1 rings (SSSR count). The molecule has 0 radical (unpaired) electrons. The van der Waals surface area contributed by atoms with E-state index in [9.17, 15) is 13.2 Å². The zero-order valence-electron chi connectivity index (χ0n) is 13.0. The molecular formula is C14H23F3N4. The number of pyridine rings is 1. The van der Waals surface area contributed by atoms with Crippen LogP contribution >= 0.6 is 0 Å². The van der Waals surface area contributed by atoms with E-state index in [-0.39, 0.29) is 17.1 Å². The van der Waals surface area contributed by atoms with Gasteiger partial charge in [-0.2, -0.15) is 13.2 Å². The maximum atomic E-state index is 12.9. The fourth-order valence-electron chi connectivity index (χ4n) is 2.55. The molecule has 0 aliphatic rings. The first-order valence-electron chi connectivity index (χ1n) is 6.66. The van der Waals surface area contributed by atoms with Gasteiger partial charge in [-0.1, -0.05) is 20.8 Å². The number of nitrogens with two attached hydrogens (primary N) is 1. The average Bonchev–Trinajstić information content (AvgIpc) is 2.22. The lowest BCUT2D eigenvalue weighted by atomic mass is 9.82. The molecule has 1 aromatic heterocycles. The van der Waals surface area contributed by atoms with Gasteiger partial charge in [0, 0.05) is 5.54 Å². The lowest BCUT2D eigenvalue weighted by Crippen LogP contribution is -2.36. The smallest absolute Gasteiger partial charge is 0.365 e. The second-order valence-corrected chi connectivity index (χ2v) is 7.01. The monoisotopic (exact) mass is 304 g/mol. The summed E-state index contributed by atoms with van der Waals surface area (Å²) in [7, 11) is 0. The van der Waals surface area contributed by atoms with Gasteiger partial charge in [-0.05, 0) is 37.8 Å². The molecule has 1 aromatic rings. The number of hydrazine groups is 1. The molecule has 0 atom stereocenters. The van der Waals surface area contributed by atoms with E-state index in [1.165, 1.54) is 0 Å². The van der Waals surface area contributed by atoms with E-state index in [4.69, 9.17) is 5.84 Å². The van der Waals surface area contributed by atoms with Crippen molar-refractivity contribution in [1.82, 2.24) is 4.98 Å². The second kappa shape index (κ2) is 5.71. The number of hydrogen-bond donors (Lipinski definition) is 3. The minimum absolute atomic E-state index is 0.0288. The quantitative estimate of drug-likeness (QED) is 0.581. The molecule has 120 valence electrons. The first-order valence-corrected chi connectivity index (χ1v) is 6.66. The molecule has 4 N–H and O–H groups in total. The van der Waals surface area contributed by atoms with E-state index in [1.807, 2.05) is 13.8 Å². The zero-order valence-corrected chi connectivity index (χ0v) is 13.0. The van der Waals surface area contributed by atoms with E-state index in [1.54, 1.807) is 0 Å². The third-order valence-corrected chi connectivity index (χ3v) is 2.74. The molecule has 4 nitrogen and oxygen atoms in total. The topological polar surface area (TPSA) is 63.0 Å². The Morgan fingerprint density at radius 2 is 1.57 bits per heavy atom. The number of halogens is 3. The van der Waals surface area contributed by atoms with Crippen molar-refractivity contribution in [2.45, 2.75) is 52.8 Å². The molecule has 0 saturated carbocycles. The van der Waals surface area contributed by atoms with Gasteiger partial charge in [-0.25, -0.2) is 10.8 Å². The maximum Gasteiger partial charge on any atom is 0.416 e. The molecule has 0 aromatic carbocycles. The van der Waals surface area contributed by atoms with Gasteiger partial charge in [0.15, 0.2) is 0 Å². The summed E-state index contributed by atoms with van der Waals surface area (Å²) < 4.78 is 38.6. The van der Waals surface area contributed by atoms with Crippen molar-refractivity contribution in [2.75, 3.05) is 10.7 Å². The van der Waals surface area contributed by atoms with Crippen molar-refractivity contribution in [3.05, 3.63) is 17.7 Å². The predicted molar refractivity (Wildman–Crippen MR) is 78.8 cm³/mol. The largest absolute Gasteiger partial charge is 0.416 e. The van der Waals surface area contributed by atoms with Gasteiger partial charge in [-0.15, -0.1) is 0 Å². The highest BCUT2D eigenvalue weighted by Gasteiger charge is 2.32. The number of anilines is 2. The maximum absolute atomic E-state index is 12.9. The van der Waals surface area contributed by atoms with Crippen LogP contribution in [0.25, 0.3) is 0 Å². The van der Waals surface area contributed by atoms with Crippen LogP contribution in [0.5, 0.6) is 0 Å². The highest BCUT2D eigenvalue weighted by molar-refractivity contribution is 5.50. The minimum Gasteiger partial charge on any atom is -0.365 e. The molecule has 1 heterocycles. The van der Waals surface area contributed by atoms with Gasteiger partial charge >= 0.3 is 6.18 Å². The van der Waals surface area contributed by atoms with Gasteiger partial charge in [-0.3, -0.25) is 0 Å². The number of nitrogen functional groups attached to an aromatic ring is 1. The van der Waals surface area contributed by atoms with Crippen LogP contribution in [-0.2, 0) is 6.18 Å². The summed E-state index contributed by atoms with van der Waals surface area (Å²) in [5, 5.41) is 3.06. The van der Waals surface area contributed by atoms with Crippen molar-refractivity contribution in [2.24, 2.45) is 11.3 Å². The predicted octanol–water partition coefficient (Wildman–Crippen LogP) is 4.01. The standard InChI is InChI=1S/C14H23F3N4/c1-12(2,3)8-13(4,5)20-10-6-9(14(15,16)17)7-11(19-10)21-18/h6-7H,8,18H2,1-5H3,(H2,19,20,21). The third kappa shape index (κ3) is 5.79. The van der Waals surface area contributed by atoms with Crippen molar-refractivity contribution in [1.29, 1.82) is 0 Å². The van der Waals surface area contributed by atoms with Crippen LogP contribution in [0.1, 0.15) is 46.6 Å². The molecule has 21 heavy (non-hydrogen) atoms. The van der Waals surface area contributed by atoms with Gasteiger partial charge < -0.3 is 10.7 Å². The number of nitrogens with one attached hydrogen (secondary N) is 2. The van der Waals surface area contributed by atoms with Crippen LogP contribution < -0.4 is 16.6 Å². The van der Waals surface area contributed by atoms with E-state index in [0.717, 1.165) is 18.6 Å². The molecular weight excluding hydrogens is 281 g/mol. The van der Waals surface area contributed by atoms with Crippen molar-refractivity contribution < 1.29 is 13.2 Å². The summed E-state index contributed by atoms with van der Waals surface area (Å²) in [6, 6.07) is 1.87. The van der Waals surface area contributed by atoms with Crippen molar-refractivity contribution in [3.8, 4) is 0 Å². The molecule has 0 fully saturated rings. The number of rotatable bonds is 4. The molecule has 0 bridgehead atoms. The summed E-state index contributed by atoms with van der Waals surface area (Å²) >= 11 is 0. The van der Waals surface area contributed by atoms with Crippen LogP contribution in [0.2, 0.25) is 0 Å². The zero-order chi connectivity index (χ0) is 16.5. The Morgan fingerprint density at radius 3 is 2.00 bits per heavy atom. The lowest BCUT2D eigenvalue weighted by Gasteiger charge is -2.34. The summed E-state index contributed by atoms with van der Waals surface area (Å²) in [6.45, 7) is 10.1. The van der Waals surface area contributed by atoms with E-state index in [2.05, 4.69) is 36.5 Å². The molecule has 0 spiro atoms. The van der Waals surface area contributed by atoms with E-state index < -0.39 is 17.3 Å². The Hall–Kier alpha value is -1.50. The van der Waals surface area contributed by atoms with E-state index in [0.29, 0.717) is 0 Å². The van der Waals surface area contributed by atoms with Crippen LogP contribution in [-0.4, -0.2) is 10.5 Å². The van der Waals surface area contributed by atoms with Gasteiger partial charge in [0.2, 0.25) is 0 Å². The third-order valence-electron chi connectivity index (χ3n) is 2.74. The van der Waals surface area contributed by atoms with Crippen LogP contribution in [0.15, 0.2) is 12.1 Å². The highest BCUT2D eigenvalue weighted by atomic mass is 19.4. The fourth-order valence-corrected chi connectivity index (χ4v) is 2.55. The van der Waals surface area contributed by atoms with Gasteiger partial charge in [0.05, 0.1) is 5.56 Å². The van der Waals surface area contributed by atoms with E-state index >= 15 is 0 Å². The van der Waals surface area contributed by atoms with Crippen LogP contribution in [0.3, 0.4) is 0 Å². The van der Waals surface area contributed by atoms with Crippen LogP contribution in [0.4, 0.5) is 24.8 Å². The molecule has 7 heteroatoms. The molecule has 0 aliphatic carbocycles. The molecule has 0 saturated heterocycles. The Bertz CT molecular complexity index is 490. The van der Waals surface area contributed by atoms with Gasteiger partial charge in [0.25, 0.3) is 0 Å². The first-order chi connectivity index (χ1) is 9.32. The SMILES string of the molecule is CC(C)(C)CC(C)(C)Nc1cc(C(F)(F)F)cc(NN)n1. The Labute approximate surface area is 123 Å². The molecule has 0 unspecified atom stereocenters. The summed E-state index contributed by atoms with van der Waals surface area (Å²) in [4.78, 5) is 4.03. The minimum atomic E-state index is -4.45. The van der Waals surface area contributed by atoms with Crippen LogP contribution in [0, 0.1) is 5.41 Å². The van der Waals surface area contributed by atoms with Crippen molar-refractivity contribution >= 4 is 11.6 Å². The first kappa shape index (κ1) is 17.6. The normalized spacial score (nSPS) is 13.2. The Kier molecular flexibility index (Phi) is 4.77. The van der Waals surface area contributed by atoms with Gasteiger partial charge in [0.1, 0.15) is 11.6 Å². The highest BCUT2D eigenvalue weighted by Crippen LogP contribution is 2.34. The Morgan fingerprint density at radius 1 is 1.05 bits per heavy atom. The number of alkyl halides is 3. The molecule has 0 amide bonds. The number of nitrogens with zero attached hydrogens (tertiary/aromatic N) is 1.